The fourth-order valence-electron chi connectivity index (χ4n) is 3.61. The first-order valence-electron chi connectivity index (χ1n) is 9.48. The summed E-state index contributed by atoms with van der Waals surface area (Å²) in [6.45, 7) is 8.46. The predicted octanol–water partition coefficient (Wildman–Crippen LogP) is 5.84. The Morgan fingerprint density at radius 3 is 1.12 bits per heavy atom. The summed E-state index contributed by atoms with van der Waals surface area (Å²) in [7, 11) is 0. The van der Waals surface area contributed by atoms with Crippen LogP contribution in [0.25, 0.3) is 0 Å². The van der Waals surface area contributed by atoms with Crippen molar-refractivity contribution in [2.45, 2.75) is 59.3 Å². The summed E-state index contributed by atoms with van der Waals surface area (Å²) in [6, 6.07) is 0. The highest BCUT2D eigenvalue weighted by molar-refractivity contribution is 4.80. The fourth-order valence-corrected chi connectivity index (χ4v) is 3.61. The molecule has 0 unspecified atom stereocenters. The summed E-state index contributed by atoms with van der Waals surface area (Å²) in [6.07, 6.45) is 18.6. The van der Waals surface area contributed by atoms with Crippen LogP contribution >= 0.6 is 0 Å². The number of rotatable bonds is 12. The summed E-state index contributed by atoms with van der Waals surface area (Å²) in [5, 5.41) is 0. The highest BCUT2D eigenvalue weighted by atomic mass is 16.5. The van der Waals surface area contributed by atoms with Crippen LogP contribution in [-0.4, -0.2) is 19.8 Å². The minimum Gasteiger partial charge on any atom is -0.502 e. The minimum absolute atomic E-state index is 0.766. The molecule has 0 heterocycles. The molecule has 1 aliphatic rings. The van der Waals surface area contributed by atoms with Gasteiger partial charge in [0.25, 0.3) is 0 Å². The van der Waals surface area contributed by atoms with Crippen LogP contribution in [0.4, 0.5) is 0 Å². The van der Waals surface area contributed by atoms with Gasteiger partial charge >= 0.3 is 0 Å². The van der Waals surface area contributed by atoms with E-state index in [-0.39, 0.29) is 0 Å². The number of hydrogen-bond donors (Lipinski definition) is 0. The zero-order chi connectivity index (χ0) is 17.5. The third kappa shape index (κ3) is 9.69. The quantitative estimate of drug-likeness (QED) is 0.331. The molecule has 24 heavy (non-hydrogen) atoms. The van der Waals surface area contributed by atoms with Gasteiger partial charge < -0.3 is 14.2 Å². The van der Waals surface area contributed by atoms with Crippen molar-refractivity contribution >= 4 is 0 Å². The van der Waals surface area contributed by atoms with Crippen LogP contribution in [0.3, 0.4) is 0 Å². The Labute approximate surface area is 148 Å². The molecule has 0 atom stereocenters. The molecule has 0 aliphatic heterocycles. The number of allylic oxidation sites excluding steroid dienone is 3. The monoisotopic (exact) mass is 336 g/mol. The topological polar surface area (TPSA) is 27.7 Å². The van der Waals surface area contributed by atoms with Gasteiger partial charge in [-0.25, -0.2) is 0 Å². The summed E-state index contributed by atoms with van der Waals surface area (Å²) in [5.74, 6) is 2.30. The van der Waals surface area contributed by atoms with E-state index in [2.05, 4.69) is 0 Å². The van der Waals surface area contributed by atoms with Gasteiger partial charge in [0.05, 0.1) is 38.6 Å². The number of ether oxygens (including phenoxy) is 3. The van der Waals surface area contributed by atoms with Crippen molar-refractivity contribution in [3.63, 3.8) is 0 Å². The molecule has 3 nitrogen and oxygen atoms in total. The zero-order valence-electron chi connectivity index (χ0n) is 15.8. The van der Waals surface area contributed by atoms with Crippen molar-refractivity contribution in [1.29, 1.82) is 0 Å². The standard InChI is InChI=1S/C21H36O3/c1-4-10-22-13-7-19-16-20(8-14-23-11-5-2)18-21(17-19)9-15-24-12-6-3/h4-6,10-12,19-21H,7-9,13-18H2,1-3H3. The van der Waals surface area contributed by atoms with E-state index in [0.717, 1.165) is 56.8 Å². The summed E-state index contributed by atoms with van der Waals surface area (Å²) < 4.78 is 16.6. The SMILES string of the molecule is CC=COCCC1CC(CCOC=CC)CC(CCOC=CC)C1. The largest absolute Gasteiger partial charge is 0.502 e. The third-order valence-electron chi connectivity index (χ3n) is 4.63. The van der Waals surface area contributed by atoms with Gasteiger partial charge in [0, 0.05) is 0 Å². The van der Waals surface area contributed by atoms with Gasteiger partial charge in [-0.3, -0.25) is 0 Å². The van der Waals surface area contributed by atoms with Crippen LogP contribution in [0.2, 0.25) is 0 Å². The van der Waals surface area contributed by atoms with Crippen molar-refractivity contribution < 1.29 is 14.2 Å². The maximum Gasteiger partial charge on any atom is 0.0875 e. The van der Waals surface area contributed by atoms with Crippen molar-refractivity contribution in [2.75, 3.05) is 19.8 Å². The van der Waals surface area contributed by atoms with Crippen molar-refractivity contribution in [3.8, 4) is 0 Å². The Kier molecular flexibility index (Phi) is 12.1. The molecule has 1 fully saturated rings. The molecule has 0 aromatic rings. The Hall–Kier alpha value is -1.38. The molecule has 0 spiro atoms. The van der Waals surface area contributed by atoms with E-state index in [1.54, 1.807) is 18.8 Å². The molecule has 3 heteroatoms. The van der Waals surface area contributed by atoms with Crippen molar-refractivity contribution in [3.05, 3.63) is 37.0 Å². The van der Waals surface area contributed by atoms with E-state index in [9.17, 15) is 0 Å². The molecule has 0 aromatic carbocycles. The van der Waals surface area contributed by atoms with Gasteiger partial charge in [0.15, 0.2) is 0 Å². The van der Waals surface area contributed by atoms with E-state index in [1.807, 2.05) is 39.0 Å². The first-order chi connectivity index (χ1) is 11.8. The maximum atomic E-state index is 5.53. The first kappa shape index (κ1) is 20.7. The average Bonchev–Trinajstić information content (AvgIpc) is 2.59. The van der Waals surface area contributed by atoms with Gasteiger partial charge in [-0.15, -0.1) is 0 Å². The maximum absolute atomic E-state index is 5.53. The zero-order valence-corrected chi connectivity index (χ0v) is 15.8. The normalized spacial score (nSPS) is 24.9. The van der Waals surface area contributed by atoms with Gasteiger partial charge in [0.2, 0.25) is 0 Å². The third-order valence-corrected chi connectivity index (χ3v) is 4.63. The second-order valence-electron chi connectivity index (χ2n) is 6.69. The van der Waals surface area contributed by atoms with Crippen LogP contribution in [-0.2, 0) is 14.2 Å². The summed E-state index contributed by atoms with van der Waals surface area (Å²) in [5.41, 5.74) is 0. The van der Waals surface area contributed by atoms with E-state index in [0.29, 0.717) is 0 Å². The van der Waals surface area contributed by atoms with Gasteiger partial charge in [-0.1, -0.05) is 18.2 Å². The molecule has 0 aromatic heterocycles. The molecule has 1 rings (SSSR count). The van der Waals surface area contributed by atoms with E-state index >= 15 is 0 Å². The lowest BCUT2D eigenvalue weighted by Gasteiger charge is -2.35. The Balaban J connectivity index is 2.41. The Bertz CT molecular complexity index is 310. The smallest absolute Gasteiger partial charge is 0.0875 e. The van der Waals surface area contributed by atoms with Crippen LogP contribution in [0, 0.1) is 17.8 Å². The van der Waals surface area contributed by atoms with Crippen molar-refractivity contribution in [2.24, 2.45) is 17.8 Å². The molecule has 0 radical (unpaired) electrons. The molecular formula is C21H36O3. The molecule has 1 saturated carbocycles. The minimum atomic E-state index is 0.766. The second-order valence-corrected chi connectivity index (χ2v) is 6.69. The lowest BCUT2D eigenvalue weighted by atomic mass is 9.72. The molecule has 1 aliphatic carbocycles. The molecule has 0 saturated heterocycles. The summed E-state index contributed by atoms with van der Waals surface area (Å²) >= 11 is 0. The van der Waals surface area contributed by atoms with Crippen LogP contribution in [0.5, 0.6) is 0 Å². The van der Waals surface area contributed by atoms with E-state index < -0.39 is 0 Å². The molecule has 0 N–H and O–H groups in total. The van der Waals surface area contributed by atoms with Crippen LogP contribution in [0.1, 0.15) is 59.3 Å². The summed E-state index contributed by atoms with van der Waals surface area (Å²) in [4.78, 5) is 0. The lowest BCUT2D eigenvalue weighted by Crippen LogP contribution is -2.25. The molecule has 0 amide bonds. The highest BCUT2D eigenvalue weighted by Gasteiger charge is 2.28. The van der Waals surface area contributed by atoms with Gasteiger partial charge in [-0.2, -0.15) is 0 Å². The van der Waals surface area contributed by atoms with Crippen LogP contribution in [0.15, 0.2) is 37.0 Å². The average molecular weight is 337 g/mol. The Morgan fingerprint density at radius 1 is 0.583 bits per heavy atom. The second kappa shape index (κ2) is 14.0. The Morgan fingerprint density at radius 2 is 0.875 bits per heavy atom. The fraction of sp³-hybridized carbons (Fsp3) is 0.714. The van der Waals surface area contributed by atoms with Gasteiger partial charge in [0.1, 0.15) is 0 Å². The van der Waals surface area contributed by atoms with Crippen molar-refractivity contribution in [1.82, 2.24) is 0 Å². The first-order valence-corrected chi connectivity index (χ1v) is 9.48. The lowest BCUT2D eigenvalue weighted by molar-refractivity contribution is 0.109. The molecular weight excluding hydrogens is 300 g/mol. The highest BCUT2D eigenvalue weighted by Crippen LogP contribution is 2.38. The van der Waals surface area contributed by atoms with Crippen LogP contribution < -0.4 is 0 Å². The van der Waals surface area contributed by atoms with E-state index in [4.69, 9.17) is 14.2 Å². The van der Waals surface area contributed by atoms with E-state index in [1.165, 1.54) is 19.3 Å². The number of hydrogen-bond acceptors (Lipinski definition) is 3. The molecule has 138 valence electrons. The molecule has 0 bridgehead atoms. The predicted molar refractivity (Wildman–Crippen MR) is 100 cm³/mol. The van der Waals surface area contributed by atoms with Gasteiger partial charge in [-0.05, 0) is 77.0 Å².